The molecule has 0 spiro atoms. The van der Waals surface area contributed by atoms with Crippen molar-refractivity contribution in [3.63, 3.8) is 0 Å². The number of epoxide rings is 1. The molecule has 3 rings (SSSR count). The van der Waals surface area contributed by atoms with Crippen molar-refractivity contribution >= 4 is 33.4 Å². The lowest BCUT2D eigenvalue weighted by Crippen LogP contribution is -2.36. The molecule has 0 aliphatic carbocycles. The third kappa shape index (κ3) is 28.9. The Labute approximate surface area is 428 Å². The van der Waals surface area contributed by atoms with E-state index in [1.807, 2.05) is 0 Å². The van der Waals surface area contributed by atoms with Gasteiger partial charge in [0.2, 0.25) is 0 Å². The number of allylic oxidation sites excluding steroid dienone is 1. The number of carbonyl (C=O) groups is 2. The largest absolute Gasteiger partial charge is 0.481 e. The second-order valence-corrected chi connectivity index (χ2v) is 23.0. The Bertz CT molecular complexity index is 1840. The monoisotopic (exact) mass is 1060 g/mol. The highest BCUT2D eigenvalue weighted by Crippen LogP contribution is 2.60. The summed E-state index contributed by atoms with van der Waals surface area (Å²) >= 11 is 0. The normalized spacial score (nSPS) is 22.0. The van der Waals surface area contributed by atoms with E-state index >= 15 is 0 Å². The molecule has 2 saturated heterocycles. The van der Waals surface area contributed by atoms with E-state index in [9.17, 15) is 43.5 Å². The van der Waals surface area contributed by atoms with Gasteiger partial charge >= 0.3 is 33.3 Å². The van der Waals surface area contributed by atoms with Crippen molar-refractivity contribution in [3.8, 4) is 0 Å². The predicted octanol–water partition coefficient (Wildman–Crippen LogP) is 10.5. The molecule has 0 amide bonds. The van der Waals surface area contributed by atoms with Gasteiger partial charge in [-0.2, -0.15) is 9.29 Å². The van der Waals surface area contributed by atoms with Crippen molar-refractivity contribution < 1.29 is 71.0 Å². The molecule has 2 aliphatic heterocycles. The average Bonchev–Trinajstić information content (AvgIpc) is 4.01. The molecule has 2 aliphatic rings. The summed E-state index contributed by atoms with van der Waals surface area (Å²) in [5.41, 5.74) is 4.59. The zero-order valence-electron chi connectivity index (χ0n) is 43.6. The quantitative estimate of drug-likeness (QED) is 0.0134. The summed E-state index contributed by atoms with van der Waals surface area (Å²) in [6.07, 6.45) is 28.9. The molecule has 0 aromatic carbocycles. The molecule has 1 aromatic rings. The highest BCUT2D eigenvalue weighted by atomic mass is 31.3. The number of nitrogen functional groups attached to an aromatic ring is 1. The molecule has 0 bridgehead atoms. The summed E-state index contributed by atoms with van der Waals surface area (Å²) < 4.78 is 62.7. The molecule has 6 N–H and O–H groups in total. The van der Waals surface area contributed by atoms with E-state index in [0.29, 0.717) is 25.0 Å². The van der Waals surface area contributed by atoms with Crippen LogP contribution in [0.15, 0.2) is 29.2 Å². The van der Waals surface area contributed by atoms with Gasteiger partial charge in [-0.05, 0) is 50.5 Å². The minimum Gasteiger partial charge on any atom is -0.462 e. The van der Waals surface area contributed by atoms with Crippen molar-refractivity contribution in [2.24, 2.45) is 5.92 Å². The number of unbranched alkanes of at least 4 members (excludes halogenated alkanes) is 21. The summed E-state index contributed by atoms with van der Waals surface area (Å²) in [5, 5.41) is 20.9. The van der Waals surface area contributed by atoms with Gasteiger partial charge in [-0.15, -0.1) is 0 Å². The van der Waals surface area contributed by atoms with E-state index in [-0.39, 0.29) is 18.7 Å². The minimum absolute atomic E-state index is 0.0328. The average molecular weight is 1060 g/mol. The van der Waals surface area contributed by atoms with Crippen molar-refractivity contribution in [3.05, 3.63) is 34.9 Å². The number of aromatic nitrogens is 2. The zero-order valence-corrected chi connectivity index (χ0v) is 45.4. The van der Waals surface area contributed by atoms with E-state index in [2.05, 4.69) is 42.2 Å². The van der Waals surface area contributed by atoms with Gasteiger partial charge in [-0.25, -0.2) is 13.9 Å². The van der Waals surface area contributed by atoms with Crippen molar-refractivity contribution in [1.29, 1.82) is 0 Å². The molecular weight excluding hydrogens is 973 g/mol. The number of aliphatic hydroxyl groups excluding tert-OH is 2. The maximum absolute atomic E-state index is 12.9. The first-order chi connectivity index (χ1) is 34.5. The summed E-state index contributed by atoms with van der Waals surface area (Å²) in [6.45, 7) is 4.47. The first-order valence-corrected chi connectivity index (χ1v) is 30.2. The SMILES string of the molecule is CCCCCC1OC1C/C=C\CCCCCCCC(=O)O[C@H](COC(=O)CCCCCCCCCCCCCCCCCC(C)C)COP(=O)(O)OP(=O)(O)OC[C@H]1O[C@@H](n2ccc(N)nc2=O)[C@H](O)[C@@H]1O. The maximum Gasteiger partial charge on any atom is 0.481 e. The lowest BCUT2D eigenvalue weighted by atomic mass is 10.0. The Morgan fingerprint density at radius 3 is 1.89 bits per heavy atom. The molecular formula is C51H91N3O16P2. The summed E-state index contributed by atoms with van der Waals surface area (Å²) in [7, 11) is -10.9. The molecule has 21 heteroatoms. The van der Waals surface area contributed by atoms with E-state index in [0.717, 1.165) is 81.1 Å². The number of anilines is 1. The van der Waals surface area contributed by atoms with Crippen LogP contribution in [0, 0.1) is 5.92 Å². The Morgan fingerprint density at radius 1 is 0.722 bits per heavy atom. The number of hydrogen-bond acceptors (Lipinski definition) is 16. The third-order valence-corrected chi connectivity index (χ3v) is 15.6. The molecule has 3 heterocycles. The molecule has 1 aromatic heterocycles. The summed E-state index contributed by atoms with van der Waals surface area (Å²) in [5.74, 6) is -0.501. The summed E-state index contributed by atoms with van der Waals surface area (Å²) in [4.78, 5) is 62.0. The highest BCUT2D eigenvalue weighted by molar-refractivity contribution is 7.61. The number of nitrogens with two attached hydrogens (primary N) is 1. The van der Waals surface area contributed by atoms with E-state index in [4.69, 9.17) is 33.7 Å². The number of ether oxygens (including phenoxy) is 4. The molecule has 0 radical (unpaired) electrons. The van der Waals surface area contributed by atoms with Crippen LogP contribution < -0.4 is 11.4 Å². The lowest BCUT2D eigenvalue weighted by molar-refractivity contribution is -0.161. The number of rotatable bonds is 44. The van der Waals surface area contributed by atoms with Crippen LogP contribution in [0.25, 0.3) is 0 Å². The Balaban J connectivity index is 1.37. The van der Waals surface area contributed by atoms with E-state index < -0.39 is 83.7 Å². The van der Waals surface area contributed by atoms with Gasteiger partial charge in [-0.3, -0.25) is 23.2 Å². The molecule has 19 nitrogen and oxygen atoms in total. The Hall–Kier alpha value is -2.54. The van der Waals surface area contributed by atoms with Gasteiger partial charge in [0.1, 0.15) is 30.7 Å². The first-order valence-electron chi connectivity index (χ1n) is 27.2. The van der Waals surface area contributed by atoms with Gasteiger partial charge in [-0.1, -0.05) is 168 Å². The number of hydrogen-bond donors (Lipinski definition) is 5. The Morgan fingerprint density at radius 2 is 1.29 bits per heavy atom. The lowest BCUT2D eigenvalue weighted by Gasteiger charge is -2.21. The van der Waals surface area contributed by atoms with E-state index in [1.165, 1.54) is 102 Å². The maximum atomic E-state index is 12.9. The van der Waals surface area contributed by atoms with Gasteiger partial charge in [0.15, 0.2) is 12.3 Å². The van der Waals surface area contributed by atoms with Crippen LogP contribution in [0.3, 0.4) is 0 Å². The predicted molar refractivity (Wildman–Crippen MR) is 275 cm³/mol. The second-order valence-electron chi connectivity index (χ2n) is 20.0. The number of aliphatic hydroxyl groups is 2. The molecule has 416 valence electrons. The van der Waals surface area contributed by atoms with Crippen LogP contribution in [0.4, 0.5) is 5.82 Å². The molecule has 0 saturated carbocycles. The number of phosphoric acid groups is 2. The number of nitrogens with zero attached hydrogens (tertiary/aromatic N) is 2. The fraction of sp³-hybridized carbons (Fsp3) is 0.843. The van der Waals surface area contributed by atoms with Crippen molar-refractivity contribution in [2.45, 2.75) is 250 Å². The minimum atomic E-state index is -5.43. The standard InChI is InChI=1S/C51H91N3O16P2/c1-4-5-25-31-42-43(68-42)32-27-22-18-15-16-20-24-29-34-47(56)67-41(37-64-46(55)33-28-23-19-14-12-10-8-6-7-9-11-13-17-21-26-30-40(2)3)38-65-71(60,61)70-72(62,63)66-39-44-48(57)49(58)50(69-44)54-36-35-45(52)53-51(54)59/h22,27,35-36,40-44,48-50,57-58H,4-21,23-26,28-34,37-39H2,1-3H3,(H,60,61)(H,62,63)(H2,52,53,59)/b27-22-/t41-,42?,43?,44-,48-,49-,50-/m1/s1. The van der Waals surface area contributed by atoms with Crippen LogP contribution >= 0.6 is 15.6 Å². The highest BCUT2D eigenvalue weighted by Gasteiger charge is 2.46. The van der Waals surface area contributed by atoms with Crippen molar-refractivity contribution in [1.82, 2.24) is 9.55 Å². The van der Waals surface area contributed by atoms with Crippen LogP contribution in [-0.4, -0.2) is 97.9 Å². The molecule has 4 unspecified atom stereocenters. The smallest absolute Gasteiger partial charge is 0.462 e. The van der Waals surface area contributed by atoms with Gasteiger partial charge < -0.3 is 44.7 Å². The van der Waals surface area contributed by atoms with Gasteiger partial charge in [0.05, 0.1) is 25.4 Å². The Kier molecular flexibility index (Phi) is 32.3. The van der Waals surface area contributed by atoms with Crippen LogP contribution in [0.5, 0.6) is 0 Å². The third-order valence-electron chi connectivity index (χ3n) is 13.0. The zero-order chi connectivity index (χ0) is 52.6. The van der Waals surface area contributed by atoms with Gasteiger partial charge in [0, 0.05) is 19.0 Å². The first kappa shape index (κ1) is 63.8. The van der Waals surface area contributed by atoms with Crippen LogP contribution in [0.2, 0.25) is 0 Å². The number of phosphoric ester groups is 2. The topological polar surface area (TPSA) is 278 Å². The van der Waals surface area contributed by atoms with Crippen LogP contribution in [0.1, 0.15) is 213 Å². The van der Waals surface area contributed by atoms with Crippen molar-refractivity contribution in [2.75, 3.05) is 25.6 Å². The van der Waals surface area contributed by atoms with Crippen LogP contribution in [-0.2, 0) is 51.0 Å². The van der Waals surface area contributed by atoms with E-state index in [1.54, 1.807) is 0 Å². The fourth-order valence-electron chi connectivity index (χ4n) is 8.62. The molecule has 72 heavy (non-hydrogen) atoms. The van der Waals surface area contributed by atoms with Gasteiger partial charge in [0.25, 0.3) is 0 Å². The molecule has 9 atom stereocenters. The number of carbonyl (C=O) groups excluding carboxylic acids is 2. The fourth-order valence-corrected chi connectivity index (χ4v) is 10.7. The number of esters is 2. The summed E-state index contributed by atoms with van der Waals surface area (Å²) in [6, 6.07) is 1.25. The molecule has 2 fully saturated rings. The second kappa shape index (κ2) is 36.4.